The van der Waals surface area contributed by atoms with E-state index >= 15 is 0 Å². The second-order valence-electron chi connectivity index (χ2n) is 5.60. The van der Waals surface area contributed by atoms with Crippen LogP contribution in [0.1, 0.15) is 18.4 Å². The zero-order valence-corrected chi connectivity index (χ0v) is 13.4. The van der Waals surface area contributed by atoms with E-state index in [9.17, 15) is 4.79 Å². The van der Waals surface area contributed by atoms with Gasteiger partial charge in [-0.25, -0.2) is 0 Å². The average molecular weight is 311 g/mol. The summed E-state index contributed by atoms with van der Waals surface area (Å²) in [5.41, 5.74) is 0.946. The molecule has 2 rings (SSSR count). The summed E-state index contributed by atoms with van der Waals surface area (Å²) < 4.78 is 5.64. The van der Waals surface area contributed by atoms with Gasteiger partial charge in [0.1, 0.15) is 5.75 Å². The Morgan fingerprint density at radius 2 is 2.33 bits per heavy atom. The number of aryl methyl sites for hydroxylation is 1. The number of nitrogens with one attached hydrogen (secondary N) is 1. The summed E-state index contributed by atoms with van der Waals surface area (Å²) in [6.07, 6.45) is 2.25. The van der Waals surface area contributed by atoms with Crippen molar-refractivity contribution in [3.05, 3.63) is 28.8 Å². The Balaban J connectivity index is 1.86. The third kappa shape index (κ3) is 4.61. The minimum absolute atomic E-state index is 0.0603. The van der Waals surface area contributed by atoms with Gasteiger partial charge in [0.05, 0.1) is 0 Å². The third-order valence-electron chi connectivity index (χ3n) is 3.85. The molecule has 0 saturated carbocycles. The summed E-state index contributed by atoms with van der Waals surface area (Å²) in [4.78, 5) is 14.2. The molecule has 1 aromatic carbocycles. The maximum Gasteiger partial charge on any atom is 0.260 e. The normalized spacial score (nSPS) is 18.6. The molecule has 1 unspecified atom stereocenters. The second-order valence-corrected chi connectivity index (χ2v) is 6.04. The monoisotopic (exact) mass is 310 g/mol. The summed E-state index contributed by atoms with van der Waals surface area (Å²) in [7, 11) is 1.95. The highest BCUT2D eigenvalue weighted by molar-refractivity contribution is 6.30. The largest absolute Gasteiger partial charge is 0.483 e. The molecule has 0 aromatic heterocycles. The summed E-state index contributed by atoms with van der Waals surface area (Å²) in [5.74, 6) is 1.33. The zero-order chi connectivity index (χ0) is 15.2. The molecule has 1 fully saturated rings. The number of hydrogen-bond donors (Lipinski definition) is 1. The molecule has 1 atom stereocenters. The van der Waals surface area contributed by atoms with Gasteiger partial charge in [-0.2, -0.15) is 0 Å². The van der Waals surface area contributed by atoms with Gasteiger partial charge in [-0.15, -0.1) is 0 Å². The Bertz CT molecular complexity index is 491. The molecule has 1 saturated heterocycles. The smallest absolute Gasteiger partial charge is 0.260 e. The van der Waals surface area contributed by atoms with Gasteiger partial charge in [-0.1, -0.05) is 11.6 Å². The molecular weight excluding hydrogens is 288 g/mol. The van der Waals surface area contributed by atoms with E-state index in [2.05, 4.69) is 5.32 Å². The van der Waals surface area contributed by atoms with Crippen molar-refractivity contribution in [2.75, 3.05) is 33.3 Å². The molecule has 5 heteroatoms. The van der Waals surface area contributed by atoms with Gasteiger partial charge < -0.3 is 15.0 Å². The molecule has 4 nitrogen and oxygen atoms in total. The molecule has 0 spiro atoms. The summed E-state index contributed by atoms with van der Waals surface area (Å²) in [5, 5.41) is 3.86. The van der Waals surface area contributed by atoms with Gasteiger partial charge in [-0.3, -0.25) is 4.79 Å². The minimum Gasteiger partial charge on any atom is -0.483 e. The van der Waals surface area contributed by atoms with Crippen LogP contribution in [-0.4, -0.2) is 44.1 Å². The van der Waals surface area contributed by atoms with Crippen molar-refractivity contribution >= 4 is 17.5 Å². The SMILES string of the molecule is CNCC1CCCN(C(=O)COc2ccc(Cl)cc2C)C1. The van der Waals surface area contributed by atoms with Crippen LogP contribution in [0.2, 0.25) is 5.02 Å². The standard InChI is InChI=1S/C16H23ClN2O2/c1-12-8-14(17)5-6-15(12)21-11-16(20)19-7-3-4-13(10-19)9-18-2/h5-6,8,13,18H,3-4,7,9-11H2,1-2H3. The van der Waals surface area contributed by atoms with Crippen molar-refractivity contribution in [2.24, 2.45) is 5.92 Å². The molecule has 1 amide bonds. The lowest BCUT2D eigenvalue weighted by Gasteiger charge is -2.32. The number of halogens is 1. The highest BCUT2D eigenvalue weighted by atomic mass is 35.5. The van der Waals surface area contributed by atoms with E-state index in [-0.39, 0.29) is 12.5 Å². The van der Waals surface area contributed by atoms with Gasteiger partial charge in [0.2, 0.25) is 0 Å². The van der Waals surface area contributed by atoms with Gasteiger partial charge >= 0.3 is 0 Å². The molecule has 1 aliphatic rings. The minimum atomic E-state index is 0.0603. The van der Waals surface area contributed by atoms with Crippen LogP contribution in [0.25, 0.3) is 0 Å². The molecule has 1 N–H and O–H groups in total. The van der Waals surface area contributed by atoms with E-state index in [0.717, 1.165) is 37.4 Å². The van der Waals surface area contributed by atoms with Crippen LogP contribution in [-0.2, 0) is 4.79 Å². The maximum absolute atomic E-state index is 12.3. The number of benzene rings is 1. The lowest BCUT2D eigenvalue weighted by Crippen LogP contribution is -2.44. The third-order valence-corrected chi connectivity index (χ3v) is 4.09. The van der Waals surface area contributed by atoms with Crippen LogP contribution in [0, 0.1) is 12.8 Å². The van der Waals surface area contributed by atoms with Crippen LogP contribution in [0.4, 0.5) is 0 Å². The number of rotatable bonds is 5. The topological polar surface area (TPSA) is 41.6 Å². The first kappa shape index (κ1) is 16.1. The fraction of sp³-hybridized carbons (Fsp3) is 0.562. The fourth-order valence-electron chi connectivity index (χ4n) is 2.75. The van der Waals surface area contributed by atoms with E-state index in [0.29, 0.717) is 10.9 Å². The van der Waals surface area contributed by atoms with Crippen LogP contribution in [0.15, 0.2) is 18.2 Å². The fourth-order valence-corrected chi connectivity index (χ4v) is 2.98. The molecule has 0 aliphatic carbocycles. The Morgan fingerprint density at radius 3 is 3.05 bits per heavy atom. The van der Waals surface area contributed by atoms with E-state index in [1.54, 1.807) is 6.07 Å². The van der Waals surface area contributed by atoms with Crippen molar-refractivity contribution in [1.82, 2.24) is 10.2 Å². The Morgan fingerprint density at radius 1 is 1.52 bits per heavy atom. The predicted molar refractivity (Wildman–Crippen MR) is 84.9 cm³/mol. The van der Waals surface area contributed by atoms with Crippen LogP contribution in [0.5, 0.6) is 5.75 Å². The van der Waals surface area contributed by atoms with Crippen molar-refractivity contribution in [3.8, 4) is 5.75 Å². The van der Waals surface area contributed by atoms with Gasteiger partial charge in [0.15, 0.2) is 6.61 Å². The van der Waals surface area contributed by atoms with Gasteiger partial charge in [0.25, 0.3) is 5.91 Å². The van der Waals surface area contributed by atoms with Crippen molar-refractivity contribution < 1.29 is 9.53 Å². The first-order chi connectivity index (χ1) is 10.1. The second kappa shape index (κ2) is 7.66. The van der Waals surface area contributed by atoms with Crippen LogP contribution < -0.4 is 10.1 Å². The maximum atomic E-state index is 12.3. The van der Waals surface area contributed by atoms with E-state index in [1.165, 1.54) is 6.42 Å². The van der Waals surface area contributed by atoms with Crippen molar-refractivity contribution in [1.29, 1.82) is 0 Å². The molecule has 116 valence electrons. The van der Waals surface area contributed by atoms with Gasteiger partial charge in [0, 0.05) is 18.1 Å². The zero-order valence-electron chi connectivity index (χ0n) is 12.7. The number of carbonyl (C=O) groups is 1. The Labute approximate surface area is 131 Å². The Kier molecular flexibility index (Phi) is 5.88. The molecule has 0 bridgehead atoms. The van der Waals surface area contributed by atoms with Gasteiger partial charge in [-0.05, 0) is 63.0 Å². The number of ether oxygens (including phenoxy) is 1. The number of piperidine rings is 1. The number of amides is 1. The molecule has 1 aliphatic heterocycles. The number of hydrogen-bond acceptors (Lipinski definition) is 3. The van der Waals surface area contributed by atoms with E-state index < -0.39 is 0 Å². The van der Waals surface area contributed by atoms with E-state index in [1.807, 2.05) is 31.0 Å². The summed E-state index contributed by atoms with van der Waals surface area (Å²) in [6, 6.07) is 5.42. The first-order valence-electron chi connectivity index (χ1n) is 7.41. The highest BCUT2D eigenvalue weighted by Gasteiger charge is 2.23. The Hall–Kier alpha value is -1.26. The highest BCUT2D eigenvalue weighted by Crippen LogP contribution is 2.22. The van der Waals surface area contributed by atoms with Crippen LogP contribution >= 0.6 is 11.6 Å². The van der Waals surface area contributed by atoms with Crippen molar-refractivity contribution in [2.45, 2.75) is 19.8 Å². The lowest BCUT2D eigenvalue weighted by molar-refractivity contribution is -0.135. The van der Waals surface area contributed by atoms with Crippen molar-refractivity contribution in [3.63, 3.8) is 0 Å². The summed E-state index contributed by atoms with van der Waals surface area (Å²) in [6.45, 7) is 4.63. The molecule has 0 radical (unpaired) electrons. The number of carbonyl (C=O) groups excluding carboxylic acids is 1. The molecular formula is C16H23ClN2O2. The molecule has 21 heavy (non-hydrogen) atoms. The quantitative estimate of drug-likeness (QED) is 0.908. The number of nitrogens with zero attached hydrogens (tertiary/aromatic N) is 1. The summed E-state index contributed by atoms with van der Waals surface area (Å²) >= 11 is 5.91. The first-order valence-corrected chi connectivity index (χ1v) is 7.79. The van der Waals surface area contributed by atoms with E-state index in [4.69, 9.17) is 16.3 Å². The van der Waals surface area contributed by atoms with Crippen LogP contribution in [0.3, 0.4) is 0 Å². The number of likely N-dealkylation sites (tertiary alicyclic amines) is 1. The molecule has 1 aromatic rings. The molecule has 1 heterocycles. The predicted octanol–water partition coefficient (Wildman–Crippen LogP) is 2.49. The lowest BCUT2D eigenvalue weighted by atomic mass is 9.98. The average Bonchev–Trinajstić information content (AvgIpc) is 2.47.